The predicted molar refractivity (Wildman–Crippen MR) is 107 cm³/mol. The van der Waals surface area contributed by atoms with E-state index < -0.39 is 27.3 Å². The Labute approximate surface area is 171 Å². The van der Waals surface area contributed by atoms with Gasteiger partial charge in [0.05, 0.1) is 18.6 Å². The van der Waals surface area contributed by atoms with Crippen LogP contribution in [0.1, 0.15) is 11.1 Å². The van der Waals surface area contributed by atoms with Crippen molar-refractivity contribution >= 4 is 21.4 Å². The fraction of sp³-hybridized carbons (Fsp3) is 0.200. The lowest BCUT2D eigenvalue weighted by Crippen LogP contribution is -2.04. The number of aromatic nitrogens is 2. The molecule has 1 atom stereocenters. The highest BCUT2D eigenvalue weighted by Gasteiger charge is 2.23. The number of ether oxygens (including phenoxy) is 1. The van der Waals surface area contributed by atoms with E-state index in [2.05, 4.69) is 15.3 Å². The fourth-order valence-corrected chi connectivity index (χ4v) is 4.13. The van der Waals surface area contributed by atoms with Crippen LogP contribution in [-0.2, 0) is 21.9 Å². The number of nitrogens with zero attached hydrogens (tertiary/aromatic N) is 2. The Morgan fingerprint density at radius 3 is 2.70 bits per heavy atom. The lowest BCUT2D eigenvalue weighted by Gasteiger charge is -2.12. The van der Waals surface area contributed by atoms with Gasteiger partial charge in [0, 0.05) is 39.1 Å². The molecule has 0 fully saturated rings. The standard InChI is InChI=1S/C20H17F3N4O2S/c1-30(24,28)10-11-6-17(23)26-19(7-11)27-18-8-14(16(22)9-25-18)12-2-3-15(21)13-4-5-29-20(12)13/h2-3,6-9,24H,4-5,10H2,1H3,(H,25,26,27). The molecule has 0 bridgehead atoms. The number of hydrogen-bond acceptors (Lipinski definition) is 6. The summed E-state index contributed by atoms with van der Waals surface area (Å²) >= 11 is 0. The maximum atomic E-state index is 14.5. The molecule has 10 heteroatoms. The number of anilines is 2. The van der Waals surface area contributed by atoms with Crippen molar-refractivity contribution in [3.8, 4) is 16.9 Å². The Kier molecular flexibility index (Phi) is 5.10. The second-order valence-electron chi connectivity index (χ2n) is 7.01. The average molecular weight is 434 g/mol. The molecule has 1 aromatic carbocycles. The van der Waals surface area contributed by atoms with Crippen LogP contribution in [0, 0.1) is 22.4 Å². The Hall–Kier alpha value is -3.14. The van der Waals surface area contributed by atoms with Gasteiger partial charge in [-0.25, -0.2) is 23.0 Å². The molecule has 2 aromatic heterocycles. The number of hydrogen-bond donors (Lipinski definition) is 2. The van der Waals surface area contributed by atoms with Crippen molar-refractivity contribution in [3.05, 3.63) is 65.2 Å². The van der Waals surface area contributed by atoms with Crippen LogP contribution in [-0.4, -0.2) is 27.0 Å². The van der Waals surface area contributed by atoms with Gasteiger partial charge in [-0.1, -0.05) is 0 Å². The summed E-state index contributed by atoms with van der Waals surface area (Å²) in [5.74, 6) is -1.44. The van der Waals surface area contributed by atoms with Crippen molar-refractivity contribution in [1.29, 1.82) is 4.78 Å². The topological polar surface area (TPSA) is 88.0 Å². The van der Waals surface area contributed by atoms with Crippen molar-refractivity contribution in [2.75, 3.05) is 18.2 Å². The molecule has 6 nitrogen and oxygen atoms in total. The van der Waals surface area contributed by atoms with E-state index in [1.165, 1.54) is 30.5 Å². The van der Waals surface area contributed by atoms with E-state index >= 15 is 0 Å². The molecule has 0 aliphatic carbocycles. The minimum absolute atomic E-state index is 0.0688. The van der Waals surface area contributed by atoms with Gasteiger partial charge in [-0.05, 0) is 35.9 Å². The van der Waals surface area contributed by atoms with E-state index in [0.29, 0.717) is 35.5 Å². The summed E-state index contributed by atoms with van der Waals surface area (Å²) in [5, 5.41) is 2.79. The highest BCUT2D eigenvalue weighted by atomic mass is 32.2. The van der Waals surface area contributed by atoms with Crippen LogP contribution in [0.5, 0.6) is 5.75 Å². The van der Waals surface area contributed by atoms with E-state index in [1.807, 2.05) is 0 Å². The van der Waals surface area contributed by atoms with E-state index in [4.69, 9.17) is 9.52 Å². The molecule has 2 N–H and O–H groups in total. The molecular formula is C20H17F3N4O2S. The Morgan fingerprint density at radius 1 is 1.13 bits per heavy atom. The summed E-state index contributed by atoms with van der Waals surface area (Å²) in [5.41, 5.74) is 1.26. The third-order valence-electron chi connectivity index (χ3n) is 4.50. The Morgan fingerprint density at radius 2 is 1.93 bits per heavy atom. The fourth-order valence-electron chi connectivity index (χ4n) is 3.33. The van der Waals surface area contributed by atoms with Crippen molar-refractivity contribution < 1.29 is 22.1 Å². The van der Waals surface area contributed by atoms with Crippen LogP contribution in [0.15, 0.2) is 36.5 Å². The van der Waals surface area contributed by atoms with Crippen LogP contribution < -0.4 is 10.1 Å². The molecular weight excluding hydrogens is 417 g/mol. The van der Waals surface area contributed by atoms with Gasteiger partial charge >= 0.3 is 0 Å². The van der Waals surface area contributed by atoms with Gasteiger partial charge in [-0.2, -0.15) is 4.39 Å². The Balaban J connectivity index is 1.70. The highest BCUT2D eigenvalue weighted by Crippen LogP contribution is 2.39. The van der Waals surface area contributed by atoms with Crippen molar-refractivity contribution in [2.45, 2.75) is 12.2 Å². The molecule has 0 saturated carbocycles. The molecule has 0 amide bonds. The zero-order chi connectivity index (χ0) is 21.5. The molecule has 156 valence electrons. The first-order chi connectivity index (χ1) is 14.2. The normalized spacial score (nSPS) is 14.7. The first-order valence-corrected chi connectivity index (χ1v) is 11.1. The summed E-state index contributed by atoms with van der Waals surface area (Å²) in [6.45, 7) is 0.313. The number of fused-ring (bicyclic) bond motifs is 1. The van der Waals surface area contributed by atoms with Gasteiger partial charge in [0.15, 0.2) is 0 Å². The molecule has 0 radical (unpaired) electrons. The molecule has 0 saturated heterocycles. The monoisotopic (exact) mass is 434 g/mol. The second kappa shape index (κ2) is 7.60. The summed E-state index contributed by atoms with van der Waals surface area (Å²) < 4.78 is 67.1. The largest absolute Gasteiger partial charge is 0.492 e. The number of rotatable bonds is 5. The number of halogens is 3. The highest BCUT2D eigenvalue weighted by molar-refractivity contribution is 7.90. The maximum absolute atomic E-state index is 14.5. The number of pyridine rings is 2. The van der Waals surface area contributed by atoms with Crippen LogP contribution in [0.3, 0.4) is 0 Å². The SMILES string of the molecule is CS(=N)(=O)Cc1cc(F)nc(Nc2cc(-c3ccc(F)c4c3OCC4)c(F)cn2)c1. The smallest absolute Gasteiger partial charge is 0.215 e. The summed E-state index contributed by atoms with van der Waals surface area (Å²) in [6, 6.07) is 6.64. The van der Waals surface area contributed by atoms with Crippen LogP contribution in [0.2, 0.25) is 0 Å². The molecule has 1 unspecified atom stereocenters. The first-order valence-electron chi connectivity index (χ1n) is 8.94. The lowest BCUT2D eigenvalue weighted by atomic mass is 10.0. The predicted octanol–water partition coefficient (Wildman–Crippen LogP) is 4.42. The summed E-state index contributed by atoms with van der Waals surface area (Å²) in [6.07, 6.45) is 2.65. The van der Waals surface area contributed by atoms with E-state index in [0.717, 1.165) is 12.3 Å². The van der Waals surface area contributed by atoms with Crippen molar-refractivity contribution in [1.82, 2.24) is 9.97 Å². The van der Waals surface area contributed by atoms with Crippen LogP contribution in [0.25, 0.3) is 11.1 Å². The van der Waals surface area contributed by atoms with Gasteiger partial charge in [-0.15, -0.1) is 0 Å². The van der Waals surface area contributed by atoms with Gasteiger partial charge in [0.2, 0.25) is 5.95 Å². The van der Waals surface area contributed by atoms with E-state index in [9.17, 15) is 17.4 Å². The number of benzene rings is 1. The second-order valence-corrected chi connectivity index (χ2v) is 9.31. The lowest BCUT2D eigenvalue weighted by molar-refractivity contribution is 0.358. The molecule has 4 rings (SSSR count). The third kappa shape index (κ3) is 4.23. The van der Waals surface area contributed by atoms with Crippen LogP contribution in [0.4, 0.5) is 24.8 Å². The molecule has 30 heavy (non-hydrogen) atoms. The maximum Gasteiger partial charge on any atom is 0.215 e. The van der Waals surface area contributed by atoms with Gasteiger partial charge in [0.1, 0.15) is 29.0 Å². The van der Waals surface area contributed by atoms with E-state index in [-0.39, 0.29) is 23.0 Å². The van der Waals surface area contributed by atoms with E-state index in [1.54, 1.807) is 0 Å². The van der Waals surface area contributed by atoms with Gasteiger partial charge in [0.25, 0.3) is 0 Å². The minimum atomic E-state index is -2.87. The molecule has 1 aliphatic heterocycles. The van der Waals surface area contributed by atoms with Gasteiger partial charge < -0.3 is 10.1 Å². The number of nitrogens with one attached hydrogen (secondary N) is 2. The summed E-state index contributed by atoms with van der Waals surface area (Å²) in [7, 11) is -2.87. The van der Waals surface area contributed by atoms with Crippen LogP contribution >= 0.6 is 0 Å². The first kappa shape index (κ1) is 20.1. The average Bonchev–Trinajstić information content (AvgIpc) is 3.13. The van der Waals surface area contributed by atoms with Crippen molar-refractivity contribution in [3.63, 3.8) is 0 Å². The quantitative estimate of drug-likeness (QED) is 0.581. The third-order valence-corrected chi connectivity index (χ3v) is 5.38. The Bertz CT molecular complexity index is 1250. The minimum Gasteiger partial charge on any atom is -0.492 e. The molecule has 3 aromatic rings. The summed E-state index contributed by atoms with van der Waals surface area (Å²) in [4.78, 5) is 7.66. The van der Waals surface area contributed by atoms with Gasteiger partial charge in [-0.3, -0.25) is 4.78 Å². The zero-order valence-electron chi connectivity index (χ0n) is 15.8. The molecule has 3 heterocycles. The molecule has 1 aliphatic rings. The zero-order valence-corrected chi connectivity index (χ0v) is 16.7. The van der Waals surface area contributed by atoms with Crippen molar-refractivity contribution in [2.24, 2.45) is 0 Å². The molecule has 0 spiro atoms.